The molecule has 3 fully saturated rings. The van der Waals surface area contributed by atoms with Gasteiger partial charge in [-0.2, -0.15) is 0 Å². The van der Waals surface area contributed by atoms with E-state index in [9.17, 15) is 19.5 Å². The third-order valence-electron chi connectivity index (χ3n) is 9.27. The van der Waals surface area contributed by atoms with Gasteiger partial charge in [-0.3, -0.25) is 14.4 Å². The Kier molecular flexibility index (Phi) is 9.11. The van der Waals surface area contributed by atoms with E-state index in [4.69, 9.17) is 0 Å². The Balaban J connectivity index is 1.76. The van der Waals surface area contributed by atoms with E-state index in [0.29, 0.717) is 26.1 Å². The summed E-state index contributed by atoms with van der Waals surface area (Å²) in [6.45, 7) is 21.5. The van der Waals surface area contributed by atoms with Gasteiger partial charge in [0.15, 0.2) is 0 Å². The number of carbonyl (C=O) groups excluding carboxylic acids is 3. The Labute approximate surface area is 256 Å². The van der Waals surface area contributed by atoms with Gasteiger partial charge < -0.3 is 19.8 Å². The number of aliphatic hydroxyl groups excluding tert-OH is 1. The summed E-state index contributed by atoms with van der Waals surface area (Å²) in [6, 6.07) is 9.09. The Morgan fingerprint density at radius 3 is 2.29 bits per heavy atom. The summed E-state index contributed by atoms with van der Waals surface area (Å²) in [5.74, 6) is -1.58. The lowest BCUT2D eigenvalue weighted by Crippen LogP contribution is -2.60. The third kappa shape index (κ3) is 5.69. The van der Waals surface area contributed by atoms with E-state index in [1.807, 2.05) is 35.2 Å². The lowest BCUT2D eigenvalue weighted by atomic mass is 9.66. The van der Waals surface area contributed by atoms with Crippen LogP contribution < -0.4 is 0 Å². The van der Waals surface area contributed by atoms with Gasteiger partial charge in [0.25, 0.3) is 0 Å². The van der Waals surface area contributed by atoms with Crippen molar-refractivity contribution in [3.05, 3.63) is 61.2 Å². The summed E-state index contributed by atoms with van der Waals surface area (Å²) in [6.07, 6.45) is 5.65. The van der Waals surface area contributed by atoms with Crippen molar-refractivity contribution < 1.29 is 19.5 Å². The van der Waals surface area contributed by atoms with Gasteiger partial charge in [-0.25, -0.2) is 0 Å². The Morgan fingerprint density at radius 1 is 1.07 bits per heavy atom. The number of thioether (sulfide) groups is 1. The number of benzene rings is 1. The first-order valence-corrected chi connectivity index (χ1v) is 15.9. The summed E-state index contributed by atoms with van der Waals surface area (Å²) < 4.78 is -1.20. The van der Waals surface area contributed by atoms with Gasteiger partial charge in [-0.05, 0) is 51.0 Å². The van der Waals surface area contributed by atoms with Crippen molar-refractivity contribution in [1.82, 2.24) is 14.7 Å². The summed E-state index contributed by atoms with van der Waals surface area (Å²) in [7, 11) is 0. The molecule has 2 unspecified atom stereocenters. The maximum Gasteiger partial charge on any atom is 0.247 e. The van der Waals surface area contributed by atoms with Crippen LogP contribution in [0.1, 0.15) is 66.4 Å². The first-order chi connectivity index (χ1) is 19.7. The molecule has 3 aliphatic rings. The normalized spacial score (nSPS) is 28.5. The van der Waals surface area contributed by atoms with Crippen LogP contribution >= 0.6 is 11.8 Å². The highest BCUT2D eigenvalue weighted by atomic mass is 32.2. The fourth-order valence-electron chi connectivity index (χ4n) is 8.12. The highest BCUT2D eigenvalue weighted by Gasteiger charge is 2.77. The fraction of sp³-hybridized carbons (Fsp3) is 0.618. The summed E-state index contributed by atoms with van der Waals surface area (Å²) in [5.41, 5.74) is 0.486. The monoisotopic (exact) mass is 595 g/mol. The van der Waals surface area contributed by atoms with E-state index in [1.54, 1.807) is 33.7 Å². The van der Waals surface area contributed by atoms with E-state index in [1.165, 1.54) is 0 Å². The molecule has 3 saturated heterocycles. The van der Waals surface area contributed by atoms with E-state index >= 15 is 0 Å². The number of hydrogen-bond donors (Lipinski definition) is 1. The molecule has 4 rings (SSSR count). The molecular weight excluding hydrogens is 546 g/mol. The molecule has 1 N–H and O–H groups in total. The molecule has 1 aromatic carbocycles. The molecule has 7 nitrogen and oxygen atoms in total. The van der Waals surface area contributed by atoms with Crippen LogP contribution in [0.25, 0.3) is 0 Å². The second kappa shape index (κ2) is 11.8. The highest BCUT2D eigenvalue weighted by molar-refractivity contribution is 8.02. The second-order valence-electron chi connectivity index (χ2n) is 14.3. The van der Waals surface area contributed by atoms with Gasteiger partial charge in [0.05, 0.1) is 23.2 Å². The molecule has 0 aliphatic carbocycles. The third-order valence-corrected chi connectivity index (χ3v) is 11.3. The van der Waals surface area contributed by atoms with Gasteiger partial charge in [-0.1, -0.05) is 63.3 Å². The lowest BCUT2D eigenvalue weighted by molar-refractivity contribution is -0.147. The number of rotatable bonds is 12. The second-order valence-corrected chi connectivity index (χ2v) is 16.2. The molecule has 0 radical (unpaired) electrons. The fourth-order valence-corrected chi connectivity index (χ4v) is 10.5. The van der Waals surface area contributed by atoms with Crippen molar-refractivity contribution in [2.45, 2.75) is 88.4 Å². The molecule has 8 heteroatoms. The van der Waals surface area contributed by atoms with Gasteiger partial charge >= 0.3 is 0 Å². The van der Waals surface area contributed by atoms with Crippen molar-refractivity contribution in [2.75, 3.05) is 26.2 Å². The number of nitrogens with zero attached hydrogens (tertiary/aromatic N) is 3. The van der Waals surface area contributed by atoms with Crippen molar-refractivity contribution in [2.24, 2.45) is 17.3 Å². The maximum absolute atomic E-state index is 14.8. The minimum Gasteiger partial charge on any atom is -0.395 e. The first-order valence-electron chi connectivity index (χ1n) is 15.1. The number of amides is 3. The molecule has 3 heterocycles. The van der Waals surface area contributed by atoms with Gasteiger partial charge in [0.1, 0.15) is 6.04 Å². The van der Waals surface area contributed by atoms with Gasteiger partial charge in [-0.15, -0.1) is 24.9 Å². The van der Waals surface area contributed by atoms with Crippen LogP contribution in [0.15, 0.2) is 55.6 Å². The molecule has 1 spiro atoms. The van der Waals surface area contributed by atoms with Crippen LogP contribution in [0.2, 0.25) is 0 Å². The van der Waals surface area contributed by atoms with Crippen molar-refractivity contribution in [1.29, 1.82) is 0 Å². The van der Waals surface area contributed by atoms with Crippen LogP contribution in [0.5, 0.6) is 0 Å². The minimum absolute atomic E-state index is 0.0286. The Morgan fingerprint density at radius 2 is 1.71 bits per heavy atom. The van der Waals surface area contributed by atoms with Crippen LogP contribution in [-0.2, 0) is 20.9 Å². The molecule has 2 bridgehead atoms. The number of aliphatic hydroxyl groups is 1. The quantitative estimate of drug-likeness (QED) is 0.348. The molecular formula is C34H49N3O4S. The zero-order valence-electron chi connectivity index (χ0n) is 26.3. The molecule has 3 amide bonds. The zero-order chi connectivity index (χ0) is 31.1. The molecule has 0 aromatic heterocycles. The molecule has 0 saturated carbocycles. The number of likely N-dealkylation sites (tertiary alicyclic amines) is 1. The van der Waals surface area contributed by atoms with Crippen molar-refractivity contribution in [3.8, 4) is 0 Å². The maximum atomic E-state index is 14.8. The number of hydrogen-bond acceptors (Lipinski definition) is 5. The summed E-state index contributed by atoms with van der Waals surface area (Å²) >= 11 is 1.67. The average Bonchev–Trinajstić information content (AvgIpc) is 3.46. The van der Waals surface area contributed by atoms with Crippen LogP contribution in [0.4, 0.5) is 0 Å². The van der Waals surface area contributed by atoms with Crippen molar-refractivity contribution in [3.63, 3.8) is 0 Å². The molecule has 3 aliphatic heterocycles. The average molecular weight is 596 g/mol. The lowest BCUT2D eigenvalue weighted by Gasteiger charge is -2.46. The molecule has 1 aromatic rings. The largest absolute Gasteiger partial charge is 0.395 e. The van der Waals surface area contributed by atoms with Gasteiger partial charge in [0, 0.05) is 36.5 Å². The smallest absolute Gasteiger partial charge is 0.247 e. The summed E-state index contributed by atoms with van der Waals surface area (Å²) in [4.78, 5) is 48.8. The van der Waals surface area contributed by atoms with E-state index in [-0.39, 0.29) is 36.3 Å². The van der Waals surface area contributed by atoms with Crippen molar-refractivity contribution >= 4 is 29.5 Å². The number of β-amino-alcohol motifs (C(OH)–C–C–N with tert-alkyl or cyclic N) is 1. The standard InChI is InChI=1S/C34H49N3O4S/c1-9-18-35(22-24-14-12-11-13-15-24)28(39)25-26-29(40)36(20-21-38)27(34(26)17-16-33(25,8)42-34)30(41)37(19-10-2)32(6,7)23-31(3,4)5/h9-15,25-27,38H,1-2,16-23H2,3-8H3/t25-,26+,27?,33+,34?/m1/s1. The zero-order valence-corrected chi connectivity index (χ0v) is 27.1. The minimum atomic E-state index is -0.757. The van der Waals surface area contributed by atoms with Gasteiger partial charge in [0.2, 0.25) is 17.7 Å². The van der Waals surface area contributed by atoms with Crippen LogP contribution in [0, 0.1) is 17.3 Å². The predicted octanol–water partition coefficient (Wildman–Crippen LogP) is 4.90. The molecule has 42 heavy (non-hydrogen) atoms. The van der Waals surface area contributed by atoms with E-state index in [2.05, 4.69) is 54.7 Å². The topological polar surface area (TPSA) is 81.2 Å². The number of fused-ring (bicyclic) bond motifs is 1. The SMILES string of the molecule is C=CCN(Cc1ccccc1)C(=O)[C@H]1[C@H]2C(=O)N(CCO)C(C(=O)N(CC=C)C(C)(C)CC(C)(C)C)C23CC[C@]1(C)S3. The van der Waals surface area contributed by atoms with Crippen LogP contribution in [-0.4, -0.2) is 84.8 Å². The first kappa shape index (κ1) is 32.3. The molecule has 5 atom stereocenters. The summed E-state index contributed by atoms with van der Waals surface area (Å²) in [5, 5.41) is 10.0. The van der Waals surface area contributed by atoms with E-state index < -0.39 is 32.9 Å². The Hall–Kier alpha value is -2.58. The Bertz CT molecular complexity index is 1210. The molecule has 230 valence electrons. The van der Waals surface area contributed by atoms with Crippen LogP contribution in [0.3, 0.4) is 0 Å². The predicted molar refractivity (Wildman–Crippen MR) is 170 cm³/mol. The highest BCUT2D eigenvalue weighted by Crippen LogP contribution is 2.71. The van der Waals surface area contributed by atoms with E-state index in [0.717, 1.165) is 18.4 Å². The number of carbonyl (C=O) groups is 3.